The number of aromatic nitrogens is 4. The van der Waals surface area contributed by atoms with Gasteiger partial charge in [0.2, 0.25) is 0 Å². The summed E-state index contributed by atoms with van der Waals surface area (Å²) in [7, 11) is 1.81. The van der Waals surface area contributed by atoms with E-state index in [1.807, 2.05) is 78.2 Å². The van der Waals surface area contributed by atoms with Crippen molar-refractivity contribution >= 4 is 44.4 Å². The topological polar surface area (TPSA) is 122 Å². The minimum absolute atomic E-state index is 0.0149. The Bertz CT molecular complexity index is 2030. The number of hydrogen-bond acceptors (Lipinski definition) is 8. The van der Waals surface area contributed by atoms with Crippen LogP contribution in [0, 0.1) is 12.3 Å². The highest BCUT2D eigenvalue weighted by Gasteiger charge is 2.52. The van der Waals surface area contributed by atoms with Crippen LogP contribution in [0.1, 0.15) is 76.2 Å². The minimum Gasteiger partial charge on any atom is -0.476 e. The smallest absolute Gasteiger partial charge is 0.355 e. The zero-order valence-corrected chi connectivity index (χ0v) is 28.0. The lowest BCUT2D eigenvalue weighted by atomic mass is 9.75. The number of carbonyl (C=O) groups excluding carboxylic acids is 1. The van der Waals surface area contributed by atoms with E-state index in [0.29, 0.717) is 53.5 Å². The number of hydrogen-bond donors (Lipinski definition) is 2. The molecule has 2 N–H and O–H groups in total. The van der Waals surface area contributed by atoms with Crippen LogP contribution in [0.5, 0.6) is 0 Å². The Morgan fingerprint density at radius 1 is 1.02 bits per heavy atom. The van der Waals surface area contributed by atoms with Gasteiger partial charge in [0.25, 0.3) is 5.91 Å². The Morgan fingerprint density at radius 2 is 1.88 bits per heavy atom. The molecule has 11 heteroatoms. The number of rotatable bonds is 8. The SMILES string of the molecule is COC1(Cn2ncc(-c3ccc(N4CCc5cccc(C(=O)Nc6nc7ccccc7s6)c5C4)nc3C(=O)O)c2C)CCCC2(CC2)C1. The van der Waals surface area contributed by atoms with Crippen LogP contribution in [-0.4, -0.2) is 56.0 Å². The maximum atomic E-state index is 13.5. The molecule has 2 fully saturated rings. The normalized spacial score (nSPS) is 19.8. The summed E-state index contributed by atoms with van der Waals surface area (Å²) in [6, 6.07) is 17.3. The van der Waals surface area contributed by atoms with Gasteiger partial charge in [0.15, 0.2) is 10.8 Å². The maximum Gasteiger partial charge on any atom is 0.355 e. The van der Waals surface area contributed by atoms with E-state index in [-0.39, 0.29) is 17.2 Å². The van der Waals surface area contributed by atoms with Crippen molar-refractivity contribution in [3.8, 4) is 11.1 Å². The van der Waals surface area contributed by atoms with Gasteiger partial charge in [0.1, 0.15) is 5.82 Å². The fraction of sp³-hybridized carbons (Fsp3) is 0.378. The monoisotopic (exact) mass is 662 g/mol. The first-order valence-corrected chi connectivity index (χ1v) is 17.4. The Labute approximate surface area is 282 Å². The summed E-state index contributed by atoms with van der Waals surface area (Å²) >= 11 is 1.44. The zero-order valence-electron chi connectivity index (χ0n) is 27.2. The van der Waals surface area contributed by atoms with Gasteiger partial charge in [-0.05, 0) is 98.7 Å². The lowest BCUT2D eigenvalue weighted by molar-refractivity contribution is -0.0737. The van der Waals surface area contributed by atoms with Gasteiger partial charge in [0.05, 0.1) is 28.6 Å². The van der Waals surface area contributed by atoms with E-state index >= 15 is 0 Å². The van der Waals surface area contributed by atoms with Crippen molar-refractivity contribution < 1.29 is 19.4 Å². The number of carboxylic acid groups (broad SMARTS) is 1. The number of thiazole rings is 1. The number of amides is 1. The first-order chi connectivity index (χ1) is 23.3. The highest BCUT2D eigenvalue weighted by atomic mass is 32.1. The van der Waals surface area contributed by atoms with Gasteiger partial charge < -0.3 is 14.7 Å². The van der Waals surface area contributed by atoms with Crippen LogP contribution in [0.15, 0.2) is 60.8 Å². The number of carbonyl (C=O) groups is 2. The summed E-state index contributed by atoms with van der Waals surface area (Å²) in [6.45, 7) is 3.72. The number of para-hydroxylation sites is 1. The molecule has 0 saturated heterocycles. The molecule has 0 bridgehead atoms. The second-order valence-electron chi connectivity index (χ2n) is 13.6. The average Bonchev–Trinajstić information content (AvgIpc) is 3.54. The Kier molecular flexibility index (Phi) is 7.56. The molecular formula is C37H38N6O4S. The van der Waals surface area contributed by atoms with Crippen LogP contribution in [0.3, 0.4) is 0 Å². The second kappa shape index (κ2) is 11.8. The van der Waals surface area contributed by atoms with Gasteiger partial charge in [-0.15, -0.1) is 0 Å². The lowest BCUT2D eigenvalue weighted by Crippen LogP contribution is -2.42. The minimum atomic E-state index is -1.09. The van der Waals surface area contributed by atoms with Gasteiger partial charge in [-0.1, -0.05) is 35.6 Å². The van der Waals surface area contributed by atoms with Crippen molar-refractivity contribution in [1.29, 1.82) is 0 Å². The van der Waals surface area contributed by atoms with Crippen LogP contribution in [0.2, 0.25) is 0 Å². The predicted molar refractivity (Wildman–Crippen MR) is 186 cm³/mol. The first kappa shape index (κ1) is 30.7. The highest BCUT2D eigenvalue weighted by Crippen LogP contribution is 2.59. The Balaban J connectivity index is 1.04. The molecule has 4 heterocycles. The molecule has 10 nitrogen and oxygen atoms in total. The maximum absolute atomic E-state index is 13.5. The molecule has 1 aliphatic heterocycles. The standard InChI is InChI=1S/C37H38N6O4S/c1-23-27(19-38-43(23)22-37(47-2)15-6-14-36(21-37)16-17-36)25-11-12-31(40-32(25)34(45)46)42-18-13-24-7-5-8-26(28(24)20-42)33(44)41-35-39-29-9-3-4-10-30(29)48-35/h3-5,7-12,19H,6,13-18,20-22H2,1-2H3,(H,45,46)(H,39,41,44). The van der Waals surface area contributed by atoms with E-state index in [1.54, 1.807) is 6.20 Å². The molecule has 1 atom stereocenters. The number of fused-ring (bicyclic) bond motifs is 2. The van der Waals surface area contributed by atoms with Gasteiger partial charge >= 0.3 is 5.97 Å². The summed E-state index contributed by atoms with van der Waals surface area (Å²) < 4.78 is 9.15. The number of ether oxygens (including phenoxy) is 1. The molecule has 3 aromatic heterocycles. The van der Waals surface area contributed by atoms with E-state index in [4.69, 9.17) is 14.8 Å². The molecule has 1 spiro atoms. The third kappa shape index (κ3) is 5.54. The van der Waals surface area contributed by atoms with Crippen LogP contribution in [-0.2, 0) is 24.2 Å². The molecule has 2 saturated carbocycles. The van der Waals surface area contributed by atoms with E-state index in [0.717, 1.165) is 51.9 Å². The first-order valence-electron chi connectivity index (χ1n) is 16.6. The number of anilines is 2. The fourth-order valence-corrected chi connectivity index (χ4v) is 8.71. The average molecular weight is 663 g/mol. The fourth-order valence-electron chi connectivity index (χ4n) is 7.85. The largest absolute Gasteiger partial charge is 0.476 e. The quantitative estimate of drug-likeness (QED) is 0.180. The van der Waals surface area contributed by atoms with Crippen molar-refractivity contribution in [3.05, 3.63) is 88.9 Å². The number of methoxy groups -OCH3 is 1. The van der Waals surface area contributed by atoms with Crippen molar-refractivity contribution in [2.24, 2.45) is 5.41 Å². The van der Waals surface area contributed by atoms with Crippen molar-refractivity contribution in [2.45, 2.75) is 70.6 Å². The molecule has 246 valence electrons. The van der Waals surface area contributed by atoms with Crippen molar-refractivity contribution in [2.75, 3.05) is 23.9 Å². The van der Waals surface area contributed by atoms with Crippen LogP contribution >= 0.6 is 11.3 Å². The van der Waals surface area contributed by atoms with E-state index in [2.05, 4.69) is 10.3 Å². The molecule has 3 aliphatic rings. The van der Waals surface area contributed by atoms with Gasteiger partial charge in [0, 0.05) is 42.6 Å². The molecule has 2 aromatic carbocycles. The molecule has 5 aromatic rings. The number of aromatic carboxylic acids is 1. The lowest BCUT2D eigenvalue weighted by Gasteiger charge is -2.40. The third-order valence-corrected chi connectivity index (χ3v) is 11.6. The second-order valence-corrected chi connectivity index (χ2v) is 14.7. The van der Waals surface area contributed by atoms with E-state index in [1.165, 1.54) is 30.6 Å². The molecule has 0 radical (unpaired) electrons. The molecule has 8 rings (SSSR count). The number of pyridine rings is 1. The summed E-state index contributed by atoms with van der Waals surface area (Å²) in [4.78, 5) is 37.4. The number of nitrogens with one attached hydrogen (secondary N) is 1. The Hall–Kier alpha value is -4.61. The Morgan fingerprint density at radius 3 is 2.67 bits per heavy atom. The van der Waals surface area contributed by atoms with Crippen LogP contribution in [0.25, 0.3) is 21.3 Å². The third-order valence-electron chi connectivity index (χ3n) is 10.7. The zero-order chi connectivity index (χ0) is 33.0. The van der Waals surface area contributed by atoms with Crippen molar-refractivity contribution in [1.82, 2.24) is 19.7 Å². The van der Waals surface area contributed by atoms with E-state index in [9.17, 15) is 14.7 Å². The molecule has 1 amide bonds. The van der Waals surface area contributed by atoms with Gasteiger partial charge in [-0.25, -0.2) is 14.8 Å². The van der Waals surface area contributed by atoms with E-state index < -0.39 is 5.97 Å². The summed E-state index contributed by atoms with van der Waals surface area (Å²) in [5, 5.41) is 18.6. The van der Waals surface area contributed by atoms with Crippen LogP contribution < -0.4 is 10.2 Å². The molecule has 1 unspecified atom stereocenters. The number of benzene rings is 2. The number of carboxylic acids is 1. The number of nitrogens with zero attached hydrogens (tertiary/aromatic N) is 5. The highest BCUT2D eigenvalue weighted by molar-refractivity contribution is 7.22. The van der Waals surface area contributed by atoms with Crippen LogP contribution in [0.4, 0.5) is 10.9 Å². The van der Waals surface area contributed by atoms with Gasteiger partial charge in [-0.3, -0.25) is 14.8 Å². The summed E-state index contributed by atoms with van der Waals surface area (Å²) in [5.74, 6) is -0.752. The summed E-state index contributed by atoms with van der Waals surface area (Å²) in [6.07, 6.45) is 9.51. The molecular weight excluding hydrogens is 625 g/mol. The molecule has 2 aliphatic carbocycles. The van der Waals surface area contributed by atoms with Gasteiger partial charge in [-0.2, -0.15) is 5.10 Å². The predicted octanol–water partition coefficient (Wildman–Crippen LogP) is 7.12. The van der Waals surface area contributed by atoms with Crippen molar-refractivity contribution in [3.63, 3.8) is 0 Å². The molecule has 48 heavy (non-hydrogen) atoms. The summed E-state index contributed by atoms with van der Waals surface area (Å²) in [5.41, 5.74) is 5.79.